The minimum atomic E-state index is 0.451. The molecular formula is C9H19NO. The van der Waals surface area contributed by atoms with Gasteiger partial charge in [-0.15, -0.1) is 0 Å². The topological polar surface area (TPSA) is 21.3 Å². The van der Waals surface area contributed by atoms with Crippen molar-refractivity contribution in [3.05, 3.63) is 0 Å². The summed E-state index contributed by atoms with van der Waals surface area (Å²) in [5, 5.41) is 3.51. The zero-order valence-corrected chi connectivity index (χ0v) is 7.60. The first-order valence-corrected chi connectivity index (χ1v) is 4.71. The Bertz CT molecular complexity index is 93.7. The molecule has 0 aromatic carbocycles. The molecule has 0 aromatic heterocycles. The van der Waals surface area contributed by atoms with Gasteiger partial charge in [0.15, 0.2) is 0 Å². The molecular weight excluding hydrogens is 138 g/mol. The number of ether oxygens (including phenoxy) is 1. The molecule has 0 bridgehead atoms. The summed E-state index contributed by atoms with van der Waals surface area (Å²) >= 11 is 0. The summed E-state index contributed by atoms with van der Waals surface area (Å²) in [5.41, 5.74) is 0. The van der Waals surface area contributed by atoms with Crippen LogP contribution in [0.3, 0.4) is 0 Å². The van der Waals surface area contributed by atoms with Crippen LogP contribution >= 0.6 is 0 Å². The summed E-state index contributed by atoms with van der Waals surface area (Å²) < 4.78 is 5.62. The molecule has 1 rings (SSSR count). The molecule has 0 spiro atoms. The fourth-order valence-corrected chi connectivity index (χ4v) is 1.45. The molecule has 0 radical (unpaired) electrons. The van der Waals surface area contributed by atoms with Gasteiger partial charge in [0.25, 0.3) is 0 Å². The summed E-state index contributed by atoms with van der Waals surface area (Å²) in [6, 6.07) is 0.687. The van der Waals surface area contributed by atoms with Gasteiger partial charge in [-0.05, 0) is 19.3 Å². The molecule has 2 unspecified atom stereocenters. The van der Waals surface area contributed by atoms with Crippen LogP contribution in [0.4, 0.5) is 0 Å². The third-order valence-corrected chi connectivity index (χ3v) is 2.40. The van der Waals surface area contributed by atoms with E-state index in [0.29, 0.717) is 12.1 Å². The normalized spacial score (nSPS) is 33.3. The van der Waals surface area contributed by atoms with Gasteiger partial charge in [0.05, 0.1) is 6.10 Å². The predicted molar refractivity (Wildman–Crippen MR) is 46.7 cm³/mol. The average molecular weight is 157 g/mol. The van der Waals surface area contributed by atoms with Crippen LogP contribution in [0, 0.1) is 0 Å². The molecule has 1 N–H and O–H groups in total. The first-order chi connectivity index (χ1) is 5.36. The second kappa shape index (κ2) is 4.73. The van der Waals surface area contributed by atoms with Gasteiger partial charge in [-0.2, -0.15) is 0 Å². The first-order valence-electron chi connectivity index (χ1n) is 4.71. The molecule has 1 heterocycles. The lowest BCUT2D eigenvalue weighted by Gasteiger charge is -2.13. The van der Waals surface area contributed by atoms with Crippen molar-refractivity contribution in [2.75, 3.05) is 13.2 Å². The lowest BCUT2D eigenvalue weighted by molar-refractivity contribution is 0.0642. The Morgan fingerprint density at radius 3 is 2.82 bits per heavy atom. The molecule has 0 amide bonds. The van der Waals surface area contributed by atoms with Crippen molar-refractivity contribution in [3.63, 3.8) is 0 Å². The lowest BCUT2D eigenvalue weighted by Crippen LogP contribution is -2.32. The highest BCUT2D eigenvalue weighted by Gasteiger charge is 2.15. The third-order valence-electron chi connectivity index (χ3n) is 2.40. The van der Waals surface area contributed by atoms with E-state index >= 15 is 0 Å². The van der Waals surface area contributed by atoms with Gasteiger partial charge < -0.3 is 10.1 Å². The van der Waals surface area contributed by atoms with Crippen molar-refractivity contribution < 1.29 is 4.74 Å². The Kier molecular flexibility index (Phi) is 3.87. The van der Waals surface area contributed by atoms with E-state index in [0.717, 1.165) is 19.6 Å². The highest BCUT2D eigenvalue weighted by molar-refractivity contribution is 4.72. The SMILES string of the molecule is CCC1CCOC(CC)CN1. The van der Waals surface area contributed by atoms with Crippen molar-refractivity contribution in [1.29, 1.82) is 0 Å². The number of hydrogen-bond acceptors (Lipinski definition) is 2. The van der Waals surface area contributed by atoms with Gasteiger partial charge in [0.1, 0.15) is 0 Å². The van der Waals surface area contributed by atoms with E-state index in [1.54, 1.807) is 0 Å². The Balaban J connectivity index is 2.27. The van der Waals surface area contributed by atoms with Gasteiger partial charge in [-0.25, -0.2) is 0 Å². The van der Waals surface area contributed by atoms with Crippen LogP contribution in [0.1, 0.15) is 33.1 Å². The maximum Gasteiger partial charge on any atom is 0.0696 e. The average Bonchev–Trinajstić information content (AvgIpc) is 2.28. The van der Waals surface area contributed by atoms with Crippen LogP contribution in [0.15, 0.2) is 0 Å². The van der Waals surface area contributed by atoms with E-state index in [9.17, 15) is 0 Å². The van der Waals surface area contributed by atoms with Crippen LogP contribution in [-0.4, -0.2) is 25.3 Å². The van der Waals surface area contributed by atoms with Gasteiger partial charge in [0, 0.05) is 19.2 Å². The van der Waals surface area contributed by atoms with Crippen LogP contribution < -0.4 is 5.32 Å². The van der Waals surface area contributed by atoms with E-state index in [1.165, 1.54) is 12.8 Å². The van der Waals surface area contributed by atoms with Crippen LogP contribution in [-0.2, 0) is 4.74 Å². The second-order valence-corrected chi connectivity index (χ2v) is 3.20. The maximum absolute atomic E-state index is 5.62. The summed E-state index contributed by atoms with van der Waals surface area (Å²) in [6.45, 7) is 6.38. The first kappa shape index (κ1) is 9.01. The summed E-state index contributed by atoms with van der Waals surface area (Å²) in [5.74, 6) is 0. The van der Waals surface area contributed by atoms with Gasteiger partial charge in [0.2, 0.25) is 0 Å². The smallest absolute Gasteiger partial charge is 0.0696 e. The predicted octanol–water partition coefficient (Wildman–Crippen LogP) is 1.55. The Labute approximate surface area is 69.3 Å². The molecule has 1 saturated heterocycles. The molecule has 11 heavy (non-hydrogen) atoms. The van der Waals surface area contributed by atoms with Crippen molar-refractivity contribution in [2.24, 2.45) is 0 Å². The van der Waals surface area contributed by atoms with Crippen LogP contribution in [0.5, 0.6) is 0 Å². The molecule has 0 aromatic rings. The molecule has 0 aliphatic carbocycles. The van der Waals surface area contributed by atoms with E-state index in [4.69, 9.17) is 4.74 Å². The highest BCUT2D eigenvalue weighted by Crippen LogP contribution is 2.07. The van der Waals surface area contributed by atoms with Gasteiger partial charge in [-0.3, -0.25) is 0 Å². The molecule has 1 aliphatic heterocycles. The molecule has 2 atom stereocenters. The zero-order valence-electron chi connectivity index (χ0n) is 7.60. The Hall–Kier alpha value is -0.0800. The Morgan fingerprint density at radius 2 is 2.18 bits per heavy atom. The summed E-state index contributed by atoms with van der Waals surface area (Å²) in [6.07, 6.45) is 3.97. The number of nitrogens with one attached hydrogen (secondary N) is 1. The van der Waals surface area contributed by atoms with Crippen molar-refractivity contribution >= 4 is 0 Å². The molecule has 0 saturated carbocycles. The van der Waals surface area contributed by atoms with E-state index < -0.39 is 0 Å². The Morgan fingerprint density at radius 1 is 1.36 bits per heavy atom. The minimum absolute atomic E-state index is 0.451. The number of rotatable bonds is 2. The second-order valence-electron chi connectivity index (χ2n) is 3.20. The largest absolute Gasteiger partial charge is 0.377 e. The standard InChI is InChI=1S/C9H19NO/c1-3-8-5-6-11-9(4-2)7-10-8/h8-10H,3-7H2,1-2H3. The molecule has 1 aliphatic rings. The van der Waals surface area contributed by atoms with Crippen molar-refractivity contribution in [1.82, 2.24) is 5.32 Å². The quantitative estimate of drug-likeness (QED) is 0.656. The minimum Gasteiger partial charge on any atom is -0.377 e. The van der Waals surface area contributed by atoms with E-state index in [-0.39, 0.29) is 0 Å². The molecule has 66 valence electrons. The van der Waals surface area contributed by atoms with Gasteiger partial charge in [-0.1, -0.05) is 13.8 Å². The maximum atomic E-state index is 5.62. The third kappa shape index (κ3) is 2.80. The van der Waals surface area contributed by atoms with Crippen LogP contribution in [0.2, 0.25) is 0 Å². The monoisotopic (exact) mass is 157 g/mol. The van der Waals surface area contributed by atoms with E-state index in [1.807, 2.05) is 0 Å². The molecule has 2 nitrogen and oxygen atoms in total. The van der Waals surface area contributed by atoms with Crippen molar-refractivity contribution in [2.45, 2.75) is 45.3 Å². The summed E-state index contributed by atoms with van der Waals surface area (Å²) in [4.78, 5) is 0. The molecule has 2 heteroatoms. The fourth-order valence-electron chi connectivity index (χ4n) is 1.45. The molecule has 1 fully saturated rings. The highest BCUT2D eigenvalue weighted by atomic mass is 16.5. The zero-order chi connectivity index (χ0) is 8.10. The van der Waals surface area contributed by atoms with Crippen molar-refractivity contribution in [3.8, 4) is 0 Å². The summed E-state index contributed by atoms with van der Waals surface area (Å²) in [7, 11) is 0. The lowest BCUT2D eigenvalue weighted by atomic mass is 10.1. The van der Waals surface area contributed by atoms with E-state index in [2.05, 4.69) is 19.2 Å². The van der Waals surface area contributed by atoms with Gasteiger partial charge >= 0.3 is 0 Å². The fraction of sp³-hybridized carbons (Fsp3) is 1.00. The number of hydrogen-bond donors (Lipinski definition) is 1. The van der Waals surface area contributed by atoms with Crippen LogP contribution in [0.25, 0.3) is 0 Å².